The maximum absolute atomic E-state index is 12.7. The van der Waals surface area contributed by atoms with Crippen molar-refractivity contribution in [1.82, 2.24) is 9.97 Å². The molecule has 1 aromatic heterocycles. The van der Waals surface area contributed by atoms with Gasteiger partial charge in [-0.3, -0.25) is 0 Å². The van der Waals surface area contributed by atoms with Crippen LogP contribution in [0.1, 0.15) is 5.56 Å². The molecule has 0 bridgehead atoms. The molecule has 0 radical (unpaired) electrons. The van der Waals surface area contributed by atoms with Crippen LogP contribution in [-0.2, 0) is 6.18 Å². The summed E-state index contributed by atoms with van der Waals surface area (Å²) >= 11 is 18.1. The normalized spacial score (nSPS) is 11.5. The first-order chi connectivity index (χ1) is 12.2. The number of benzene rings is 2. The lowest BCUT2D eigenvalue weighted by atomic mass is 10.1. The van der Waals surface area contributed by atoms with Crippen LogP contribution in [0.3, 0.4) is 0 Å². The van der Waals surface area contributed by atoms with Gasteiger partial charge in [-0.05, 0) is 30.3 Å². The molecule has 134 valence electrons. The fourth-order valence-electron chi connectivity index (χ4n) is 2.15. The molecule has 26 heavy (non-hydrogen) atoms. The number of nitrogens with one attached hydrogen (secondary N) is 1. The number of alkyl halides is 3. The smallest absolute Gasteiger partial charge is 0.339 e. The highest BCUT2D eigenvalue weighted by Crippen LogP contribution is 2.32. The topological polar surface area (TPSA) is 37.8 Å². The highest BCUT2D eigenvalue weighted by Gasteiger charge is 2.30. The second-order valence-corrected chi connectivity index (χ2v) is 6.45. The molecular weight excluding hydrogens is 410 g/mol. The van der Waals surface area contributed by atoms with E-state index in [0.29, 0.717) is 27.1 Å². The Kier molecular flexibility index (Phi) is 5.27. The van der Waals surface area contributed by atoms with Gasteiger partial charge < -0.3 is 5.32 Å². The van der Waals surface area contributed by atoms with Crippen molar-refractivity contribution >= 4 is 46.3 Å². The fraction of sp³-hybridized carbons (Fsp3) is 0.0588. The van der Waals surface area contributed by atoms with E-state index >= 15 is 0 Å². The van der Waals surface area contributed by atoms with Gasteiger partial charge in [0.1, 0.15) is 11.0 Å². The van der Waals surface area contributed by atoms with Crippen molar-refractivity contribution in [2.75, 3.05) is 5.32 Å². The van der Waals surface area contributed by atoms with Crippen molar-refractivity contribution in [2.24, 2.45) is 0 Å². The Morgan fingerprint density at radius 2 is 1.54 bits per heavy atom. The van der Waals surface area contributed by atoms with E-state index < -0.39 is 11.7 Å². The first-order valence-corrected chi connectivity index (χ1v) is 8.30. The molecule has 0 atom stereocenters. The molecule has 9 heteroatoms. The molecule has 0 unspecified atom stereocenters. The standard InChI is InChI=1S/C17H9Cl3F3N3/c18-11-5-6-12(19)13(7-11)24-15-8-14(20)25-16(26-15)9-1-3-10(4-2-9)17(21,22)23/h1-8H,(H,24,25,26). The summed E-state index contributed by atoms with van der Waals surface area (Å²) in [6.45, 7) is 0. The largest absolute Gasteiger partial charge is 0.416 e. The molecule has 0 spiro atoms. The third-order valence-electron chi connectivity index (χ3n) is 3.36. The molecule has 3 aromatic rings. The SMILES string of the molecule is FC(F)(F)c1ccc(-c2nc(Cl)cc(Nc3cc(Cl)ccc3Cl)n2)cc1. The third-order valence-corrected chi connectivity index (χ3v) is 4.11. The minimum absolute atomic E-state index is 0.121. The second kappa shape index (κ2) is 7.31. The summed E-state index contributed by atoms with van der Waals surface area (Å²) in [6, 6.07) is 10.8. The molecule has 0 saturated heterocycles. The maximum Gasteiger partial charge on any atom is 0.416 e. The molecule has 0 fully saturated rings. The van der Waals surface area contributed by atoms with E-state index in [9.17, 15) is 13.2 Å². The van der Waals surface area contributed by atoms with Crippen LogP contribution in [0, 0.1) is 0 Å². The van der Waals surface area contributed by atoms with Crippen LogP contribution < -0.4 is 5.32 Å². The Morgan fingerprint density at radius 3 is 2.19 bits per heavy atom. The van der Waals surface area contributed by atoms with Crippen LogP contribution >= 0.6 is 34.8 Å². The monoisotopic (exact) mass is 417 g/mol. The Labute approximate surface area is 161 Å². The Hall–Kier alpha value is -2.02. The van der Waals surface area contributed by atoms with Crippen molar-refractivity contribution in [2.45, 2.75) is 6.18 Å². The molecule has 2 aromatic carbocycles. The lowest BCUT2D eigenvalue weighted by Gasteiger charge is -2.11. The lowest BCUT2D eigenvalue weighted by molar-refractivity contribution is -0.137. The molecule has 3 rings (SSSR count). The predicted molar refractivity (Wildman–Crippen MR) is 97.2 cm³/mol. The molecule has 0 saturated carbocycles. The number of hydrogen-bond acceptors (Lipinski definition) is 3. The van der Waals surface area contributed by atoms with Gasteiger partial charge in [-0.25, -0.2) is 9.97 Å². The molecular formula is C17H9Cl3F3N3. The van der Waals surface area contributed by atoms with E-state index in [4.69, 9.17) is 34.8 Å². The second-order valence-electron chi connectivity index (χ2n) is 5.22. The van der Waals surface area contributed by atoms with Gasteiger partial charge in [0.25, 0.3) is 0 Å². The van der Waals surface area contributed by atoms with Crippen LogP contribution in [-0.4, -0.2) is 9.97 Å². The third kappa shape index (κ3) is 4.38. The van der Waals surface area contributed by atoms with Gasteiger partial charge in [-0.2, -0.15) is 13.2 Å². The van der Waals surface area contributed by atoms with E-state index in [1.54, 1.807) is 18.2 Å². The Bertz CT molecular complexity index is 944. The van der Waals surface area contributed by atoms with E-state index in [1.165, 1.54) is 18.2 Å². The Morgan fingerprint density at radius 1 is 0.846 bits per heavy atom. The summed E-state index contributed by atoms with van der Waals surface area (Å²) in [6.07, 6.45) is -4.41. The molecule has 0 aliphatic carbocycles. The zero-order valence-corrected chi connectivity index (χ0v) is 15.0. The van der Waals surface area contributed by atoms with Crippen LogP contribution in [0.15, 0.2) is 48.5 Å². The number of rotatable bonds is 3. The lowest BCUT2D eigenvalue weighted by Crippen LogP contribution is -2.04. The van der Waals surface area contributed by atoms with E-state index in [1.807, 2.05) is 0 Å². The van der Waals surface area contributed by atoms with Gasteiger partial charge >= 0.3 is 6.18 Å². The molecule has 1 heterocycles. The van der Waals surface area contributed by atoms with Crippen LogP contribution in [0.2, 0.25) is 15.2 Å². The molecule has 0 aliphatic rings. The summed E-state index contributed by atoms with van der Waals surface area (Å²) in [5.41, 5.74) is 0.139. The zero-order chi connectivity index (χ0) is 18.9. The molecule has 0 aliphatic heterocycles. The van der Waals surface area contributed by atoms with Crippen LogP contribution in [0.25, 0.3) is 11.4 Å². The quantitative estimate of drug-likeness (QED) is 0.472. The van der Waals surface area contributed by atoms with Gasteiger partial charge in [-0.15, -0.1) is 0 Å². The average molecular weight is 419 g/mol. The Balaban J connectivity index is 1.94. The average Bonchev–Trinajstić information content (AvgIpc) is 2.57. The maximum atomic E-state index is 12.7. The number of hydrogen-bond donors (Lipinski definition) is 1. The van der Waals surface area contributed by atoms with Crippen LogP contribution in [0.5, 0.6) is 0 Å². The van der Waals surface area contributed by atoms with Gasteiger partial charge in [0, 0.05) is 16.7 Å². The summed E-state index contributed by atoms with van der Waals surface area (Å²) in [5, 5.41) is 3.98. The molecule has 0 amide bonds. The highest BCUT2D eigenvalue weighted by atomic mass is 35.5. The fourth-order valence-corrected chi connectivity index (χ4v) is 2.67. The number of nitrogens with zero attached hydrogens (tertiary/aromatic N) is 2. The summed E-state index contributed by atoms with van der Waals surface area (Å²) in [4.78, 5) is 8.32. The number of halogens is 6. The minimum Gasteiger partial charge on any atom is -0.339 e. The van der Waals surface area contributed by atoms with Gasteiger partial charge in [0.2, 0.25) is 0 Å². The van der Waals surface area contributed by atoms with Crippen molar-refractivity contribution in [3.63, 3.8) is 0 Å². The minimum atomic E-state index is -4.41. The van der Waals surface area contributed by atoms with Gasteiger partial charge in [0.15, 0.2) is 5.82 Å². The summed E-state index contributed by atoms with van der Waals surface area (Å²) in [5.74, 6) is 0.496. The van der Waals surface area contributed by atoms with E-state index in [-0.39, 0.29) is 11.0 Å². The summed E-state index contributed by atoms with van der Waals surface area (Å²) < 4.78 is 38.0. The number of aromatic nitrogens is 2. The van der Waals surface area contributed by atoms with Gasteiger partial charge in [0.05, 0.1) is 16.3 Å². The van der Waals surface area contributed by atoms with E-state index in [0.717, 1.165) is 12.1 Å². The summed E-state index contributed by atoms with van der Waals surface area (Å²) in [7, 11) is 0. The molecule has 3 nitrogen and oxygen atoms in total. The van der Waals surface area contributed by atoms with Crippen LogP contribution in [0.4, 0.5) is 24.7 Å². The predicted octanol–water partition coefficient (Wildman–Crippen LogP) is 6.87. The number of anilines is 2. The van der Waals surface area contributed by atoms with Crippen molar-refractivity contribution in [3.05, 3.63) is 69.3 Å². The van der Waals surface area contributed by atoms with E-state index in [2.05, 4.69) is 15.3 Å². The van der Waals surface area contributed by atoms with Crippen molar-refractivity contribution in [3.8, 4) is 11.4 Å². The first-order valence-electron chi connectivity index (χ1n) is 7.17. The zero-order valence-electron chi connectivity index (χ0n) is 12.8. The van der Waals surface area contributed by atoms with Gasteiger partial charge in [-0.1, -0.05) is 46.9 Å². The molecule has 1 N–H and O–H groups in total. The first kappa shape index (κ1) is 18.8. The van der Waals surface area contributed by atoms with Crippen molar-refractivity contribution in [1.29, 1.82) is 0 Å². The van der Waals surface area contributed by atoms with Crippen molar-refractivity contribution < 1.29 is 13.2 Å². The highest BCUT2D eigenvalue weighted by molar-refractivity contribution is 6.35.